The summed E-state index contributed by atoms with van der Waals surface area (Å²) in [7, 11) is 1.64. The molecule has 3 heteroatoms. The van der Waals surface area contributed by atoms with Gasteiger partial charge in [-0.2, -0.15) is 0 Å². The summed E-state index contributed by atoms with van der Waals surface area (Å²) in [6.45, 7) is 0. The molecular weight excluding hydrogens is 268 g/mol. The van der Waals surface area contributed by atoms with Gasteiger partial charge in [-0.05, 0) is 29.7 Å². The van der Waals surface area contributed by atoms with Crippen LogP contribution in [0.5, 0.6) is 5.75 Å². The Hall–Kier alpha value is -2.00. The summed E-state index contributed by atoms with van der Waals surface area (Å²) in [5.74, 6) is 0.962. The first-order chi connectivity index (χ1) is 9.72. The standard InChI is InChI=1S/C17H16O2S/c1-19-16-4-2-3-13(11-16)7-10-17(18)15-8-5-14(12-20)6-9-15/h2-6,8-9,11-12H,7,10H2,1H3. The van der Waals surface area contributed by atoms with Crippen LogP contribution in [0.1, 0.15) is 27.9 Å². The van der Waals surface area contributed by atoms with Gasteiger partial charge in [0.1, 0.15) is 5.75 Å². The normalized spacial score (nSPS) is 10.1. The third kappa shape index (κ3) is 3.75. The summed E-state index contributed by atoms with van der Waals surface area (Å²) in [4.78, 5) is 12.1. The molecule has 0 aromatic heterocycles. The van der Waals surface area contributed by atoms with E-state index in [-0.39, 0.29) is 5.78 Å². The smallest absolute Gasteiger partial charge is 0.163 e. The Morgan fingerprint density at radius 1 is 1.20 bits per heavy atom. The molecule has 0 atom stereocenters. The molecule has 0 saturated carbocycles. The van der Waals surface area contributed by atoms with E-state index in [1.807, 2.05) is 48.5 Å². The van der Waals surface area contributed by atoms with E-state index in [9.17, 15) is 4.79 Å². The van der Waals surface area contributed by atoms with Gasteiger partial charge < -0.3 is 4.74 Å². The van der Waals surface area contributed by atoms with Gasteiger partial charge in [0, 0.05) is 17.4 Å². The van der Waals surface area contributed by atoms with Gasteiger partial charge in [0.25, 0.3) is 0 Å². The van der Waals surface area contributed by atoms with E-state index in [2.05, 4.69) is 0 Å². The van der Waals surface area contributed by atoms with Crippen LogP contribution in [0.3, 0.4) is 0 Å². The maximum absolute atomic E-state index is 12.1. The Labute approximate surface area is 124 Å². The van der Waals surface area contributed by atoms with Crippen molar-refractivity contribution in [3.63, 3.8) is 0 Å². The predicted octanol–water partition coefficient (Wildman–Crippen LogP) is 3.86. The molecule has 0 radical (unpaired) electrons. The molecule has 0 aliphatic carbocycles. The molecule has 0 spiro atoms. The fourth-order valence-electron chi connectivity index (χ4n) is 1.98. The summed E-state index contributed by atoms with van der Waals surface area (Å²) in [5, 5.41) is 1.60. The summed E-state index contributed by atoms with van der Waals surface area (Å²) >= 11 is 4.84. The second-order valence-electron chi connectivity index (χ2n) is 4.51. The van der Waals surface area contributed by atoms with Crippen molar-refractivity contribution in [1.29, 1.82) is 0 Å². The van der Waals surface area contributed by atoms with Gasteiger partial charge in [0.2, 0.25) is 0 Å². The Morgan fingerprint density at radius 3 is 2.60 bits per heavy atom. The van der Waals surface area contributed by atoms with E-state index < -0.39 is 0 Å². The van der Waals surface area contributed by atoms with E-state index in [4.69, 9.17) is 17.0 Å². The van der Waals surface area contributed by atoms with Crippen molar-refractivity contribution in [2.75, 3.05) is 7.11 Å². The highest BCUT2D eigenvalue weighted by Crippen LogP contribution is 2.15. The fraction of sp³-hybridized carbons (Fsp3) is 0.176. The van der Waals surface area contributed by atoms with Crippen LogP contribution in [0.4, 0.5) is 0 Å². The van der Waals surface area contributed by atoms with Crippen LogP contribution in [0.15, 0.2) is 48.5 Å². The Kier molecular flexibility index (Phi) is 5.02. The largest absolute Gasteiger partial charge is 0.497 e. The molecule has 0 N–H and O–H groups in total. The van der Waals surface area contributed by atoms with E-state index in [0.29, 0.717) is 12.8 Å². The predicted molar refractivity (Wildman–Crippen MR) is 84.8 cm³/mol. The third-order valence-corrected chi connectivity index (χ3v) is 3.42. The SMILES string of the molecule is COc1cccc(CCC(=O)c2ccc(C=S)cc2)c1. The van der Waals surface area contributed by atoms with Crippen molar-refractivity contribution in [2.45, 2.75) is 12.8 Å². The van der Waals surface area contributed by atoms with Gasteiger partial charge >= 0.3 is 0 Å². The van der Waals surface area contributed by atoms with E-state index >= 15 is 0 Å². The van der Waals surface area contributed by atoms with E-state index in [0.717, 1.165) is 22.4 Å². The lowest BCUT2D eigenvalue weighted by Crippen LogP contribution is -2.01. The fourth-order valence-corrected chi connectivity index (χ4v) is 2.13. The van der Waals surface area contributed by atoms with Crippen LogP contribution in [-0.2, 0) is 6.42 Å². The van der Waals surface area contributed by atoms with Crippen molar-refractivity contribution >= 4 is 23.4 Å². The average molecular weight is 284 g/mol. The number of carbonyl (C=O) groups is 1. The quantitative estimate of drug-likeness (QED) is 0.595. The molecule has 2 aromatic carbocycles. The van der Waals surface area contributed by atoms with Crippen molar-refractivity contribution in [3.8, 4) is 5.75 Å². The number of hydrogen-bond acceptors (Lipinski definition) is 3. The number of ketones is 1. The van der Waals surface area contributed by atoms with Crippen molar-refractivity contribution in [3.05, 3.63) is 65.2 Å². The van der Waals surface area contributed by atoms with Gasteiger partial charge in [-0.1, -0.05) is 48.6 Å². The molecule has 0 fully saturated rings. The highest BCUT2D eigenvalue weighted by Gasteiger charge is 2.06. The molecule has 0 unspecified atom stereocenters. The number of rotatable bonds is 6. The summed E-state index contributed by atoms with van der Waals surface area (Å²) in [6, 6.07) is 15.2. The zero-order chi connectivity index (χ0) is 14.4. The number of thiocarbonyl (C=S) groups is 1. The molecule has 2 rings (SSSR count). The zero-order valence-electron chi connectivity index (χ0n) is 11.3. The number of methoxy groups -OCH3 is 1. The first kappa shape index (κ1) is 14.4. The van der Waals surface area contributed by atoms with Crippen molar-refractivity contribution in [2.24, 2.45) is 0 Å². The molecular formula is C17H16O2S. The van der Waals surface area contributed by atoms with Crippen LogP contribution in [-0.4, -0.2) is 18.3 Å². The van der Waals surface area contributed by atoms with Crippen LogP contribution < -0.4 is 4.74 Å². The Bertz CT molecular complexity index is 603. The minimum atomic E-state index is 0.142. The highest BCUT2D eigenvalue weighted by atomic mass is 32.1. The van der Waals surface area contributed by atoms with Gasteiger partial charge in [0.15, 0.2) is 5.78 Å². The lowest BCUT2D eigenvalue weighted by atomic mass is 10.0. The Balaban J connectivity index is 1.98. The number of hydrogen-bond donors (Lipinski definition) is 0. The van der Waals surface area contributed by atoms with E-state index in [1.54, 1.807) is 12.5 Å². The monoisotopic (exact) mass is 284 g/mol. The molecule has 0 heterocycles. The maximum Gasteiger partial charge on any atom is 0.163 e. The highest BCUT2D eigenvalue weighted by molar-refractivity contribution is 7.79. The van der Waals surface area contributed by atoms with Crippen molar-refractivity contribution in [1.82, 2.24) is 0 Å². The molecule has 0 amide bonds. The van der Waals surface area contributed by atoms with E-state index in [1.165, 1.54) is 0 Å². The number of benzene rings is 2. The summed E-state index contributed by atoms with van der Waals surface area (Å²) in [6.07, 6.45) is 1.20. The third-order valence-electron chi connectivity index (χ3n) is 3.14. The minimum absolute atomic E-state index is 0.142. The topological polar surface area (TPSA) is 26.3 Å². The number of Topliss-reactive ketones (excluding diaryl/α,β-unsaturated/α-hetero) is 1. The Morgan fingerprint density at radius 2 is 1.95 bits per heavy atom. The lowest BCUT2D eigenvalue weighted by Gasteiger charge is -2.04. The molecule has 0 aliphatic heterocycles. The van der Waals surface area contributed by atoms with Crippen LogP contribution >= 0.6 is 12.2 Å². The number of aryl methyl sites for hydroxylation is 1. The molecule has 0 bridgehead atoms. The zero-order valence-corrected chi connectivity index (χ0v) is 12.2. The molecule has 20 heavy (non-hydrogen) atoms. The molecule has 102 valence electrons. The van der Waals surface area contributed by atoms with Crippen LogP contribution in [0.2, 0.25) is 0 Å². The van der Waals surface area contributed by atoms with Crippen molar-refractivity contribution < 1.29 is 9.53 Å². The van der Waals surface area contributed by atoms with Gasteiger partial charge in [-0.3, -0.25) is 4.79 Å². The second-order valence-corrected chi connectivity index (χ2v) is 4.75. The van der Waals surface area contributed by atoms with Crippen LogP contribution in [0.25, 0.3) is 0 Å². The summed E-state index contributed by atoms with van der Waals surface area (Å²) < 4.78 is 5.17. The van der Waals surface area contributed by atoms with Gasteiger partial charge in [0.05, 0.1) is 7.11 Å². The molecule has 2 aromatic rings. The molecule has 0 aliphatic rings. The lowest BCUT2D eigenvalue weighted by molar-refractivity contribution is 0.0983. The summed E-state index contributed by atoms with van der Waals surface area (Å²) in [5.41, 5.74) is 2.78. The number of ether oxygens (including phenoxy) is 1. The van der Waals surface area contributed by atoms with Crippen LogP contribution in [0, 0.1) is 0 Å². The first-order valence-electron chi connectivity index (χ1n) is 6.44. The second kappa shape index (κ2) is 6.96. The van der Waals surface area contributed by atoms with Gasteiger partial charge in [-0.15, -0.1) is 0 Å². The molecule has 2 nitrogen and oxygen atoms in total. The van der Waals surface area contributed by atoms with Gasteiger partial charge in [-0.25, -0.2) is 0 Å². The number of carbonyl (C=O) groups excluding carboxylic acids is 1. The molecule has 0 saturated heterocycles. The minimum Gasteiger partial charge on any atom is -0.497 e. The first-order valence-corrected chi connectivity index (χ1v) is 6.91. The maximum atomic E-state index is 12.1. The average Bonchev–Trinajstić information content (AvgIpc) is 2.53.